The molecule has 0 unspecified atom stereocenters. The molecule has 0 saturated heterocycles. The van der Waals surface area contributed by atoms with E-state index >= 15 is 0 Å². The van der Waals surface area contributed by atoms with E-state index in [0.717, 1.165) is 6.42 Å². The fourth-order valence-electron chi connectivity index (χ4n) is 3.79. The van der Waals surface area contributed by atoms with Gasteiger partial charge in [-0.3, -0.25) is 25.3 Å². The number of anilines is 1. The summed E-state index contributed by atoms with van der Waals surface area (Å²) in [6, 6.07) is 7.53. The molecule has 1 aliphatic carbocycles. The Kier molecular flexibility index (Phi) is 6.72. The van der Waals surface area contributed by atoms with Gasteiger partial charge in [-0.2, -0.15) is 0 Å². The second-order valence-electron chi connectivity index (χ2n) is 7.57. The third-order valence-electron chi connectivity index (χ3n) is 5.67. The summed E-state index contributed by atoms with van der Waals surface area (Å²) in [6.45, 7) is 4.69. The van der Waals surface area contributed by atoms with Crippen molar-refractivity contribution in [2.45, 2.75) is 45.6 Å². The summed E-state index contributed by atoms with van der Waals surface area (Å²) < 4.78 is 5.59. The van der Waals surface area contributed by atoms with E-state index in [9.17, 15) is 9.59 Å². The van der Waals surface area contributed by atoms with Crippen LogP contribution in [-0.4, -0.2) is 36.1 Å². The van der Waals surface area contributed by atoms with Crippen LogP contribution in [0.25, 0.3) is 0 Å². The molecule has 0 spiro atoms. The van der Waals surface area contributed by atoms with Crippen molar-refractivity contribution in [3.63, 3.8) is 0 Å². The minimum atomic E-state index is -0.348. The summed E-state index contributed by atoms with van der Waals surface area (Å²) in [6.07, 6.45) is 3.72. The number of carbonyl (C=O) groups excluding carboxylic acids is 2. The average molecular weight is 405 g/mol. The zero-order valence-electron chi connectivity index (χ0n) is 16.4. The Bertz CT molecular complexity index is 742. The lowest BCUT2D eigenvalue weighted by atomic mass is 9.78. The van der Waals surface area contributed by atoms with Crippen LogP contribution in [0.1, 0.15) is 39.5 Å². The van der Waals surface area contributed by atoms with Crippen LogP contribution in [0, 0.1) is 11.8 Å². The molecule has 1 heterocycles. The lowest BCUT2D eigenvalue weighted by molar-refractivity contribution is -0.124. The van der Waals surface area contributed by atoms with Gasteiger partial charge in [0.1, 0.15) is 12.3 Å². The number of carbonyl (C=O) groups is 2. The highest BCUT2D eigenvalue weighted by molar-refractivity contribution is 7.80. The number of benzene rings is 1. The first-order valence-corrected chi connectivity index (χ1v) is 10.2. The number of amides is 2. The van der Waals surface area contributed by atoms with E-state index in [4.69, 9.17) is 17.0 Å². The molecule has 0 aromatic heterocycles. The van der Waals surface area contributed by atoms with E-state index in [1.165, 1.54) is 17.7 Å². The van der Waals surface area contributed by atoms with E-state index in [2.05, 4.69) is 30.0 Å². The van der Waals surface area contributed by atoms with Crippen LogP contribution in [0.3, 0.4) is 0 Å². The van der Waals surface area contributed by atoms with E-state index in [0.29, 0.717) is 41.0 Å². The molecule has 2 amide bonds. The fourth-order valence-corrected chi connectivity index (χ4v) is 4.00. The Balaban J connectivity index is 1.52. The molecule has 28 heavy (non-hydrogen) atoms. The monoisotopic (exact) mass is 404 g/mol. The second-order valence-corrected chi connectivity index (χ2v) is 7.97. The first-order chi connectivity index (χ1) is 13.5. The van der Waals surface area contributed by atoms with Gasteiger partial charge in [-0.1, -0.05) is 38.8 Å². The van der Waals surface area contributed by atoms with Crippen LogP contribution < -0.4 is 25.8 Å². The maximum atomic E-state index is 12.4. The Morgan fingerprint density at radius 3 is 2.86 bits per heavy atom. The molecule has 152 valence electrons. The molecule has 2 aliphatic rings. The quantitative estimate of drug-likeness (QED) is 0.529. The van der Waals surface area contributed by atoms with Gasteiger partial charge in [-0.05, 0) is 42.6 Å². The smallest absolute Gasteiger partial charge is 0.258 e. The number of para-hydroxylation sites is 2. The summed E-state index contributed by atoms with van der Waals surface area (Å²) in [5, 5.41) is 3.69. The molecule has 1 aliphatic heterocycles. The number of hydrazine groups is 1. The molecule has 3 N–H and O–H groups in total. The van der Waals surface area contributed by atoms with Crippen LogP contribution in [-0.2, 0) is 9.59 Å². The second kappa shape index (κ2) is 9.23. The number of nitrogens with one attached hydrogen (secondary N) is 3. The van der Waals surface area contributed by atoms with E-state index < -0.39 is 0 Å². The van der Waals surface area contributed by atoms with Crippen molar-refractivity contribution >= 4 is 34.8 Å². The van der Waals surface area contributed by atoms with Gasteiger partial charge in [0.05, 0.1) is 18.7 Å². The Morgan fingerprint density at radius 1 is 1.25 bits per heavy atom. The maximum Gasteiger partial charge on any atom is 0.258 e. The van der Waals surface area contributed by atoms with Gasteiger partial charge in [-0.25, -0.2) is 0 Å². The molecule has 1 aromatic rings. The zero-order valence-corrected chi connectivity index (χ0v) is 17.2. The van der Waals surface area contributed by atoms with Crippen molar-refractivity contribution in [1.82, 2.24) is 16.2 Å². The van der Waals surface area contributed by atoms with Gasteiger partial charge in [0.15, 0.2) is 5.11 Å². The van der Waals surface area contributed by atoms with Gasteiger partial charge in [-0.15, -0.1) is 0 Å². The predicted octanol–water partition coefficient (Wildman–Crippen LogP) is 2.12. The SMILES string of the molecule is C[C@@H]1[C@H](C)CCC[C@H]1NC(=S)NNC(=O)CN1C(=O)CCOc2ccccc21. The molecule has 0 radical (unpaired) electrons. The number of rotatable bonds is 3. The molecular weight excluding hydrogens is 376 g/mol. The van der Waals surface area contributed by atoms with Crippen molar-refractivity contribution in [3.8, 4) is 5.75 Å². The molecule has 1 aromatic carbocycles. The van der Waals surface area contributed by atoms with Gasteiger partial charge >= 0.3 is 0 Å². The van der Waals surface area contributed by atoms with Gasteiger partial charge < -0.3 is 10.1 Å². The molecule has 1 saturated carbocycles. The molecular formula is C20H28N4O3S. The Morgan fingerprint density at radius 2 is 2.04 bits per heavy atom. The van der Waals surface area contributed by atoms with Crippen LogP contribution in [0.15, 0.2) is 24.3 Å². The summed E-state index contributed by atoms with van der Waals surface area (Å²) in [4.78, 5) is 26.2. The van der Waals surface area contributed by atoms with Gasteiger partial charge in [0.2, 0.25) is 5.91 Å². The minimum absolute atomic E-state index is 0.105. The van der Waals surface area contributed by atoms with Crippen molar-refractivity contribution in [1.29, 1.82) is 0 Å². The zero-order chi connectivity index (χ0) is 20.1. The van der Waals surface area contributed by atoms with Crippen molar-refractivity contribution in [2.75, 3.05) is 18.1 Å². The number of hydrogen-bond acceptors (Lipinski definition) is 4. The largest absolute Gasteiger partial charge is 0.491 e. The molecule has 3 atom stereocenters. The summed E-state index contributed by atoms with van der Waals surface area (Å²) in [7, 11) is 0. The standard InChI is InChI=1S/C20H28N4O3S/c1-13-6-5-7-15(14(13)2)21-20(28)23-22-18(25)12-24-16-8-3-4-9-17(16)27-11-10-19(24)26/h3-4,8-9,13-15H,5-7,10-12H2,1-2H3,(H,22,25)(H2,21,23,28)/t13-,14-,15-/m1/s1. The van der Waals surface area contributed by atoms with Crippen molar-refractivity contribution in [3.05, 3.63) is 24.3 Å². The summed E-state index contributed by atoms with van der Waals surface area (Å²) >= 11 is 5.32. The van der Waals surface area contributed by atoms with E-state index in [1.807, 2.05) is 12.1 Å². The molecule has 0 bridgehead atoms. The van der Waals surface area contributed by atoms with Crippen LogP contribution in [0.2, 0.25) is 0 Å². The Hall–Kier alpha value is -2.35. The van der Waals surface area contributed by atoms with Crippen LogP contribution in [0.5, 0.6) is 5.75 Å². The molecule has 8 heteroatoms. The van der Waals surface area contributed by atoms with Gasteiger partial charge in [0, 0.05) is 6.04 Å². The van der Waals surface area contributed by atoms with Crippen LogP contribution in [0.4, 0.5) is 5.69 Å². The number of fused-ring (bicyclic) bond motifs is 1. The van der Waals surface area contributed by atoms with Gasteiger partial charge in [0.25, 0.3) is 5.91 Å². The third-order valence-corrected chi connectivity index (χ3v) is 5.89. The lowest BCUT2D eigenvalue weighted by Gasteiger charge is -2.35. The summed E-state index contributed by atoms with van der Waals surface area (Å²) in [5.41, 5.74) is 5.95. The van der Waals surface area contributed by atoms with Crippen molar-refractivity contribution < 1.29 is 14.3 Å². The predicted molar refractivity (Wildman–Crippen MR) is 112 cm³/mol. The topological polar surface area (TPSA) is 82.7 Å². The first kappa shape index (κ1) is 20.4. The van der Waals surface area contributed by atoms with E-state index in [-0.39, 0.29) is 24.8 Å². The number of ether oxygens (including phenoxy) is 1. The highest BCUT2D eigenvalue weighted by Crippen LogP contribution is 2.31. The first-order valence-electron chi connectivity index (χ1n) is 9.83. The number of thiocarbonyl (C=S) groups is 1. The fraction of sp³-hybridized carbons (Fsp3) is 0.550. The molecule has 7 nitrogen and oxygen atoms in total. The third kappa shape index (κ3) is 4.92. The summed E-state index contributed by atoms with van der Waals surface area (Å²) in [5.74, 6) is 1.28. The number of nitrogens with zero attached hydrogens (tertiary/aromatic N) is 1. The van der Waals surface area contributed by atoms with E-state index in [1.54, 1.807) is 12.1 Å². The number of hydrogen-bond donors (Lipinski definition) is 3. The normalized spacial score (nSPS) is 24.4. The average Bonchev–Trinajstić information content (AvgIpc) is 2.83. The van der Waals surface area contributed by atoms with Crippen molar-refractivity contribution in [2.24, 2.45) is 11.8 Å². The van der Waals surface area contributed by atoms with Crippen LogP contribution >= 0.6 is 12.2 Å². The maximum absolute atomic E-state index is 12.4. The Labute approximate surface area is 171 Å². The highest BCUT2D eigenvalue weighted by atomic mass is 32.1. The lowest BCUT2D eigenvalue weighted by Crippen LogP contribution is -2.54. The highest BCUT2D eigenvalue weighted by Gasteiger charge is 2.28. The molecule has 3 rings (SSSR count). The molecule has 1 fully saturated rings. The minimum Gasteiger partial charge on any atom is -0.491 e.